The number of para-hydroxylation sites is 1. The van der Waals surface area contributed by atoms with E-state index in [-0.39, 0.29) is 47.4 Å². The normalized spacial score (nSPS) is 16.2. The largest absolute Gasteiger partial charge is 0.459 e. The lowest BCUT2D eigenvalue weighted by Gasteiger charge is -2.21. The number of aliphatic imine (C=N–C) groups is 1. The smallest absolute Gasteiger partial charge is 0.287 e. The first kappa shape index (κ1) is 23.9. The molecule has 1 atom stereocenters. The number of hydrogen-bond donors (Lipinski definition) is 3. The van der Waals surface area contributed by atoms with Gasteiger partial charge < -0.3 is 25.3 Å². The first-order valence-corrected chi connectivity index (χ1v) is 9.64. The van der Waals surface area contributed by atoms with Crippen LogP contribution in [-0.2, 0) is 0 Å². The fraction of sp³-hybridized carbons (Fsp3) is 0.400. The Labute approximate surface area is 191 Å². The summed E-state index contributed by atoms with van der Waals surface area (Å²) in [6.45, 7) is 4.37. The van der Waals surface area contributed by atoms with Crippen LogP contribution in [0.25, 0.3) is 0 Å². The van der Waals surface area contributed by atoms with E-state index in [1.165, 1.54) is 24.5 Å². The maximum absolute atomic E-state index is 14.0. The van der Waals surface area contributed by atoms with Gasteiger partial charge in [0.25, 0.3) is 5.91 Å². The predicted octanol–water partition coefficient (Wildman–Crippen LogP) is 2.74. The van der Waals surface area contributed by atoms with Gasteiger partial charge in [0.15, 0.2) is 11.7 Å². The van der Waals surface area contributed by atoms with Crippen LogP contribution in [0.4, 0.5) is 14.5 Å². The number of amides is 1. The molecule has 0 spiro atoms. The molecule has 1 unspecified atom stereocenters. The molecule has 0 aliphatic carbocycles. The highest BCUT2D eigenvalue weighted by molar-refractivity contribution is 14.0. The number of halogens is 3. The molecule has 0 radical (unpaired) electrons. The van der Waals surface area contributed by atoms with Crippen molar-refractivity contribution < 1.29 is 18.0 Å². The molecular weight excluding hydrogens is 507 g/mol. The second kappa shape index (κ2) is 11.7. The number of nitrogens with zero attached hydrogens (tertiary/aromatic N) is 2. The molecule has 1 aliphatic heterocycles. The standard InChI is InChI=1S/C20H25F2N5O2.HI/c1-2-23-20(25-10-9-24-19(28)17-7-4-12-29-17)26-14-8-11-27(13-14)18-15(21)5-3-6-16(18)22;/h3-7,12,14H,2,8-11,13H2,1H3,(H,24,28)(H2,23,25,26);1H. The summed E-state index contributed by atoms with van der Waals surface area (Å²) >= 11 is 0. The second-order valence-electron chi connectivity index (χ2n) is 6.64. The van der Waals surface area contributed by atoms with Crippen LogP contribution in [0, 0.1) is 11.6 Å². The molecule has 0 saturated carbocycles. The molecule has 1 fully saturated rings. The zero-order chi connectivity index (χ0) is 20.6. The maximum atomic E-state index is 14.0. The van der Waals surface area contributed by atoms with Gasteiger partial charge in [0, 0.05) is 32.2 Å². The van der Waals surface area contributed by atoms with Gasteiger partial charge in [-0.2, -0.15) is 0 Å². The van der Waals surface area contributed by atoms with Gasteiger partial charge in [0.2, 0.25) is 0 Å². The van der Waals surface area contributed by atoms with Crippen molar-refractivity contribution >= 4 is 41.5 Å². The summed E-state index contributed by atoms with van der Waals surface area (Å²) in [5.74, 6) is -0.551. The Balaban J connectivity index is 0.00000320. The molecular formula is C20H26F2IN5O2. The molecule has 30 heavy (non-hydrogen) atoms. The zero-order valence-corrected chi connectivity index (χ0v) is 19.0. The fourth-order valence-corrected chi connectivity index (χ4v) is 3.22. The third-order valence-electron chi connectivity index (χ3n) is 4.54. The number of carbonyl (C=O) groups is 1. The molecule has 3 N–H and O–H groups in total. The number of hydrogen-bond acceptors (Lipinski definition) is 4. The first-order chi connectivity index (χ1) is 14.1. The van der Waals surface area contributed by atoms with Gasteiger partial charge in [0.05, 0.1) is 12.8 Å². The van der Waals surface area contributed by atoms with Crippen molar-refractivity contribution in [1.29, 1.82) is 0 Å². The summed E-state index contributed by atoms with van der Waals surface area (Å²) in [6, 6.07) is 7.14. The minimum absolute atomic E-state index is 0. The van der Waals surface area contributed by atoms with Gasteiger partial charge >= 0.3 is 0 Å². The maximum Gasteiger partial charge on any atom is 0.287 e. The van der Waals surface area contributed by atoms with Crippen LogP contribution in [0.5, 0.6) is 0 Å². The van der Waals surface area contributed by atoms with Gasteiger partial charge in [-0.25, -0.2) is 8.78 Å². The lowest BCUT2D eigenvalue weighted by atomic mass is 10.2. The van der Waals surface area contributed by atoms with Gasteiger partial charge in [-0.05, 0) is 37.6 Å². The van der Waals surface area contributed by atoms with Crippen LogP contribution >= 0.6 is 24.0 Å². The molecule has 2 heterocycles. The van der Waals surface area contributed by atoms with E-state index in [2.05, 4.69) is 20.9 Å². The molecule has 1 aliphatic rings. The lowest BCUT2D eigenvalue weighted by molar-refractivity contribution is 0.0927. The fourth-order valence-electron chi connectivity index (χ4n) is 3.22. The highest BCUT2D eigenvalue weighted by atomic mass is 127. The van der Waals surface area contributed by atoms with Crippen LogP contribution in [0.2, 0.25) is 0 Å². The van der Waals surface area contributed by atoms with E-state index in [0.29, 0.717) is 38.7 Å². The van der Waals surface area contributed by atoms with E-state index in [4.69, 9.17) is 4.42 Å². The number of nitrogens with one attached hydrogen (secondary N) is 3. The highest BCUT2D eigenvalue weighted by Gasteiger charge is 2.27. The Morgan fingerprint density at radius 3 is 2.67 bits per heavy atom. The molecule has 1 aromatic heterocycles. The number of furan rings is 1. The second-order valence-corrected chi connectivity index (χ2v) is 6.64. The number of carbonyl (C=O) groups excluding carboxylic acids is 1. The van der Waals surface area contributed by atoms with E-state index in [1.807, 2.05) is 6.92 Å². The summed E-state index contributed by atoms with van der Waals surface area (Å²) in [7, 11) is 0. The van der Waals surface area contributed by atoms with Crippen molar-refractivity contribution in [3.05, 3.63) is 54.0 Å². The Hall–Kier alpha value is -2.37. The van der Waals surface area contributed by atoms with Crippen LogP contribution in [0.1, 0.15) is 23.9 Å². The van der Waals surface area contributed by atoms with E-state index < -0.39 is 11.6 Å². The highest BCUT2D eigenvalue weighted by Crippen LogP contribution is 2.26. The van der Waals surface area contributed by atoms with E-state index >= 15 is 0 Å². The summed E-state index contributed by atoms with van der Waals surface area (Å²) in [6.07, 6.45) is 2.17. The Morgan fingerprint density at radius 1 is 1.23 bits per heavy atom. The van der Waals surface area contributed by atoms with Gasteiger partial charge in [-0.1, -0.05) is 6.07 Å². The quantitative estimate of drug-likeness (QED) is 0.221. The average Bonchev–Trinajstić information content (AvgIpc) is 3.37. The van der Waals surface area contributed by atoms with Crippen LogP contribution in [-0.4, -0.2) is 50.6 Å². The third kappa shape index (κ3) is 6.31. The third-order valence-corrected chi connectivity index (χ3v) is 4.54. The molecule has 1 aromatic carbocycles. The summed E-state index contributed by atoms with van der Waals surface area (Å²) in [5.41, 5.74) is 0.0133. The van der Waals surface area contributed by atoms with Gasteiger partial charge in [-0.3, -0.25) is 9.79 Å². The predicted molar refractivity (Wildman–Crippen MR) is 123 cm³/mol. The van der Waals surface area contributed by atoms with Crippen LogP contribution < -0.4 is 20.9 Å². The molecule has 164 valence electrons. The first-order valence-electron chi connectivity index (χ1n) is 9.64. The van der Waals surface area contributed by atoms with Gasteiger partial charge in [0.1, 0.15) is 17.3 Å². The van der Waals surface area contributed by atoms with Crippen molar-refractivity contribution in [3.63, 3.8) is 0 Å². The topological polar surface area (TPSA) is 81.9 Å². The lowest BCUT2D eigenvalue weighted by Crippen LogP contribution is -2.45. The number of guanidine groups is 1. The summed E-state index contributed by atoms with van der Waals surface area (Å²) < 4.78 is 33.0. The van der Waals surface area contributed by atoms with E-state index in [1.54, 1.807) is 17.0 Å². The van der Waals surface area contributed by atoms with Crippen molar-refractivity contribution in [1.82, 2.24) is 16.0 Å². The molecule has 3 rings (SSSR count). The summed E-state index contributed by atoms with van der Waals surface area (Å²) in [4.78, 5) is 18.0. The monoisotopic (exact) mass is 533 g/mol. The molecule has 1 amide bonds. The minimum Gasteiger partial charge on any atom is -0.459 e. The van der Waals surface area contributed by atoms with E-state index in [0.717, 1.165) is 6.42 Å². The Bertz CT molecular complexity index is 827. The summed E-state index contributed by atoms with van der Waals surface area (Å²) in [5, 5.41) is 9.17. The van der Waals surface area contributed by atoms with Crippen molar-refractivity contribution in [2.24, 2.45) is 4.99 Å². The minimum atomic E-state index is -0.557. The Kier molecular flexibility index (Phi) is 9.34. The van der Waals surface area contributed by atoms with E-state index in [9.17, 15) is 13.6 Å². The Morgan fingerprint density at radius 2 is 2.00 bits per heavy atom. The number of rotatable bonds is 7. The van der Waals surface area contributed by atoms with Crippen molar-refractivity contribution in [2.45, 2.75) is 19.4 Å². The van der Waals surface area contributed by atoms with Gasteiger partial charge in [-0.15, -0.1) is 24.0 Å². The molecule has 1 saturated heterocycles. The number of benzene rings is 1. The average molecular weight is 533 g/mol. The van der Waals surface area contributed by atoms with Crippen molar-refractivity contribution in [2.75, 3.05) is 37.6 Å². The molecule has 0 bridgehead atoms. The zero-order valence-electron chi connectivity index (χ0n) is 16.7. The van der Waals surface area contributed by atoms with Crippen LogP contribution in [0.15, 0.2) is 46.0 Å². The van der Waals surface area contributed by atoms with Crippen molar-refractivity contribution in [3.8, 4) is 0 Å². The molecule has 7 nitrogen and oxygen atoms in total. The molecule has 2 aromatic rings. The SMILES string of the molecule is CCNC(=NCCNC(=O)c1ccco1)NC1CCN(c2c(F)cccc2F)C1.I. The molecule has 10 heteroatoms. The van der Waals surface area contributed by atoms with Crippen LogP contribution in [0.3, 0.4) is 0 Å². The number of anilines is 1.